The zero-order chi connectivity index (χ0) is 16.9. The van der Waals surface area contributed by atoms with E-state index in [1.54, 1.807) is 14.2 Å². The molecule has 2 N–H and O–H groups in total. The van der Waals surface area contributed by atoms with Gasteiger partial charge in [-0.3, -0.25) is 4.79 Å². The third-order valence-electron chi connectivity index (χ3n) is 4.13. The molecule has 0 radical (unpaired) electrons. The Morgan fingerprint density at radius 3 is 1.74 bits per heavy atom. The SMILES string of the molecule is COC(OC)(c1ccccc1)C(N)(CC(C)=O)c1ccccc1. The number of Topliss-reactive ketones (excluding diaryl/α,β-unsaturated/α-hetero) is 1. The second kappa shape index (κ2) is 7.04. The number of rotatable bonds is 7. The van der Waals surface area contributed by atoms with Gasteiger partial charge in [-0.15, -0.1) is 0 Å². The Bertz CT molecular complexity index is 638. The predicted molar refractivity (Wildman–Crippen MR) is 89.7 cm³/mol. The monoisotopic (exact) mass is 313 g/mol. The summed E-state index contributed by atoms with van der Waals surface area (Å²) in [7, 11) is 3.09. The molecule has 1 atom stereocenters. The minimum absolute atomic E-state index is 0.0363. The average molecular weight is 313 g/mol. The molecule has 0 saturated heterocycles. The first-order valence-electron chi connectivity index (χ1n) is 7.50. The minimum atomic E-state index is -1.28. The molecule has 2 rings (SSSR count). The van der Waals surface area contributed by atoms with Crippen LogP contribution in [0.15, 0.2) is 60.7 Å². The zero-order valence-corrected chi connectivity index (χ0v) is 13.8. The van der Waals surface area contributed by atoms with Crippen molar-refractivity contribution in [1.82, 2.24) is 0 Å². The Morgan fingerprint density at radius 1 is 0.913 bits per heavy atom. The second-order valence-corrected chi connectivity index (χ2v) is 5.61. The molecule has 0 aromatic heterocycles. The van der Waals surface area contributed by atoms with Crippen molar-refractivity contribution in [2.75, 3.05) is 14.2 Å². The molecule has 0 heterocycles. The normalized spacial score (nSPS) is 14.3. The van der Waals surface area contributed by atoms with Gasteiger partial charge in [0, 0.05) is 26.2 Å². The highest BCUT2D eigenvalue weighted by Gasteiger charge is 2.53. The van der Waals surface area contributed by atoms with Crippen LogP contribution in [0.4, 0.5) is 0 Å². The number of ether oxygens (including phenoxy) is 2. The number of methoxy groups -OCH3 is 2. The fraction of sp³-hybridized carbons (Fsp3) is 0.316. The summed E-state index contributed by atoms with van der Waals surface area (Å²) in [5, 5.41) is 0. The molecule has 0 aliphatic heterocycles. The van der Waals surface area contributed by atoms with Crippen molar-refractivity contribution in [3.63, 3.8) is 0 Å². The zero-order valence-electron chi connectivity index (χ0n) is 13.8. The maximum absolute atomic E-state index is 12.0. The van der Waals surface area contributed by atoms with Crippen molar-refractivity contribution in [2.24, 2.45) is 5.73 Å². The van der Waals surface area contributed by atoms with E-state index in [4.69, 9.17) is 15.2 Å². The molecule has 2 aromatic rings. The van der Waals surface area contributed by atoms with Crippen molar-refractivity contribution in [1.29, 1.82) is 0 Å². The van der Waals surface area contributed by atoms with E-state index in [1.807, 2.05) is 60.7 Å². The van der Waals surface area contributed by atoms with Crippen LogP contribution in [0.2, 0.25) is 0 Å². The number of carbonyl (C=O) groups is 1. The molecule has 0 saturated carbocycles. The molecular formula is C19H23NO3. The van der Waals surface area contributed by atoms with Gasteiger partial charge in [0.2, 0.25) is 5.79 Å². The molecule has 0 aliphatic rings. The lowest BCUT2D eigenvalue weighted by atomic mass is 9.75. The molecule has 2 aromatic carbocycles. The van der Waals surface area contributed by atoms with Gasteiger partial charge in [0.15, 0.2) is 0 Å². The van der Waals surface area contributed by atoms with E-state index in [0.29, 0.717) is 0 Å². The summed E-state index contributed by atoms with van der Waals surface area (Å²) in [6, 6.07) is 18.9. The summed E-state index contributed by atoms with van der Waals surface area (Å²) < 4.78 is 11.6. The Balaban J connectivity index is 2.70. The maximum atomic E-state index is 12.0. The lowest BCUT2D eigenvalue weighted by Crippen LogP contribution is -2.58. The Labute approximate surface area is 137 Å². The number of nitrogens with two attached hydrogens (primary N) is 1. The molecule has 122 valence electrons. The van der Waals surface area contributed by atoms with E-state index in [9.17, 15) is 4.79 Å². The minimum Gasteiger partial charge on any atom is -0.348 e. The van der Waals surface area contributed by atoms with Crippen LogP contribution in [0.5, 0.6) is 0 Å². The molecule has 0 aliphatic carbocycles. The van der Waals surface area contributed by atoms with Gasteiger partial charge < -0.3 is 15.2 Å². The molecule has 0 spiro atoms. The van der Waals surface area contributed by atoms with Crippen molar-refractivity contribution in [3.8, 4) is 0 Å². The number of hydrogen-bond donors (Lipinski definition) is 1. The van der Waals surface area contributed by atoms with Gasteiger partial charge >= 0.3 is 0 Å². The van der Waals surface area contributed by atoms with Crippen molar-refractivity contribution in [2.45, 2.75) is 24.7 Å². The van der Waals surface area contributed by atoms with Gasteiger partial charge in [-0.2, -0.15) is 0 Å². The number of benzene rings is 2. The summed E-state index contributed by atoms with van der Waals surface area (Å²) in [6.45, 7) is 1.52. The molecule has 1 unspecified atom stereocenters. The molecule has 0 fully saturated rings. The molecule has 4 nitrogen and oxygen atoms in total. The quantitative estimate of drug-likeness (QED) is 0.798. The summed E-state index contributed by atoms with van der Waals surface area (Å²) in [6.07, 6.45) is 0.0909. The third-order valence-corrected chi connectivity index (χ3v) is 4.13. The van der Waals surface area contributed by atoms with Crippen LogP contribution >= 0.6 is 0 Å². The first-order chi connectivity index (χ1) is 11.0. The average Bonchev–Trinajstić information content (AvgIpc) is 2.57. The molecular weight excluding hydrogens is 290 g/mol. The topological polar surface area (TPSA) is 61.6 Å². The van der Waals surface area contributed by atoms with Crippen LogP contribution in [0.25, 0.3) is 0 Å². The molecule has 0 amide bonds. The van der Waals surface area contributed by atoms with Crippen LogP contribution in [-0.2, 0) is 25.6 Å². The Hall–Kier alpha value is -2.01. The first kappa shape index (κ1) is 17.3. The summed E-state index contributed by atoms with van der Waals surface area (Å²) in [5.41, 5.74) is 7.16. The lowest BCUT2D eigenvalue weighted by Gasteiger charge is -2.46. The highest BCUT2D eigenvalue weighted by molar-refractivity contribution is 5.77. The maximum Gasteiger partial charge on any atom is 0.217 e. The molecule has 0 bridgehead atoms. The van der Waals surface area contributed by atoms with Crippen LogP contribution in [0.3, 0.4) is 0 Å². The summed E-state index contributed by atoms with van der Waals surface area (Å²) in [4.78, 5) is 12.0. The fourth-order valence-corrected chi connectivity index (χ4v) is 3.14. The highest BCUT2D eigenvalue weighted by Crippen LogP contribution is 2.44. The molecule has 23 heavy (non-hydrogen) atoms. The van der Waals surface area contributed by atoms with E-state index in [1.165, 1.54) is 6.92 Å². The van der Waals surface area contributed by atoms with Gasteiger partial charge in [0.25, 0.3) is 0 Å². The Morgan fingerprint density at radius 2 is 1.35 bits per heavy atom. The lowest BCUT2D eigenvalue weighted by molar-refractivity contribution is -0.262. The van der Waals surface area contributed by atoms with Gasteiger partial charge in [-0.05, 0) is 12.5 Å². The van der Waals surface area contributed by atoms with Crippen LogP contribution < -0.4 is 5.73 Å². The van der Waals surface area contributed by atoms with Crippen LogP contribution in [0.1, 0.15) is 24.5 Å². The van der Waals surface area contributed by atoms with Crippen molar-refractivity contribution < 1.29 is 14.3 Å². The van der Waals surface area contributed by atoms with E-state index in [-0.39, 0.29) is 12.2 Å². The van der Waals surface area contributed by atoms with Crippen molar-refractivity contribution >= 4 is 5.78 Å². The van der Waals surface area contributed by atoms with Crippen LogP contribution in [0, 0.1) is 0 Å². The first-order valence-corrected chi connectivity index (χ1v) is 7.50. The largest absolute Gasteiger partial charge is 0.348 e. The number of hydrogen-bond acceptors (Lipinski definition) is 4. The highest BCUT2D eigenvalue weighted by atomic mass is 16.7. The van der Waals surface area contributed by atoms with Crippen LogP contribution in [-0.4, -0.2) is 20.0 Å². The third kappa shape index (κ3) is 3.06. The smallest absolute Gasteiger partial charge is 0.217 e. The van der Waals surface area contributed by atoms with Gasteiger partial charge in [0.1, 0.15) is 11.3 Å². The second-order valence-electron chi connectivity index (χ2n) is 5.61. The van der Waals surface area contributed by atoms with E-state index in [2.05, 4.69) is 0 Å². The number of carbonyl (C=O) groups excluding carboxylic acids is 1. The Kier molecular flexibility index (Phi) is 5.31. The number of ketones is 1. The predicted octanol–water partition coefficient (Wildman–Crippen LogP) is 2.97. The van der Waals surface area contributed by atoms with Gasteiger partial charge in [0.05, 0.1) is 0 Å². The molecule has 4 heteroatoms. The van der Waals surface area contributed by atoms with E-state index >= 15 is 0 Å². The summed E-state index contributed by atoms with van der Waals surface area (Å²) in [5.74, 6) is -1.31. The van der Waals surface area contributed by atoms with Gasteiger partial charge in [-0.25, -0.2) is 0 Å². The fourth-order valence-electron chi connectivity index (χ4n) is 3.14. The summed E-state index contributed by atoms with van der Waals surface area (Å²) >= 11 is 0. The van der Waals surface area contributed by atoms with E-state index < -0.39 is 11.3 Å². The standard InChI is InChI=1S/C19H23NO3/c1-15(21)14-18(20,16-10-6-4-7-11-16)19(22-2,23-3)17-12-8-5-9-13-17/h4-13H,14,20H2,1-3H3. The van der Waals surface area contributed by atoms with Gasteiger partial charge in [-0.1, -0.05) is 60.7 Å². The van der Waals surface area contributed by atoms with E-state index in [0.717, 1.165) is 11.1 Å². The van der Waals surface area contributed by atoms with Crippen molar-refractivity contribution in [3.05, 3.63) is 71.8 Å².